The summed E-state index contributed by atoms with van der Waals surface area (Å²) in [6.07, 6.45) is 0. The Balaban J connectivity index is 1.72. The second-order valence-electron chi connectivity index (χ2n) is 4.83. The number of nitro groups is 1. The normalized spacial score (nSPS) is 16.3. The van der Waals surface area contributed by atoms with Gasteiger partial charge in [0.1, 0.15) is 17.4 Å². The first-order valence-corrected chi connectivity index (χ1v) is 6.91. The summed E-state index contributed by atoms with van der Waals surface area (Å²) in [5.41, 5.74) is 1.86. The number of hydrogen-bond acceptors (Lipinski definition) is 4. The zero-order chi connectivity index (χ0) is 14.8. The van der Waals surface area contributed by atoms with E-state index in [0.717, 1.165) is 16.9 Å². The zero-order valence-electron chi connectivity index (χ0n) is 11.1. The first-order chi connectivity index (χ1) is 10.1. The number of nitrogens with zero attached hydrogens (tertiary/aromatic N) is 1. The molecule has 5 nitrogen and oxygen atoms in total. The van der Waals surface area contributed by atoms with E-state index in [-0.39, 0.29) is 16.8 Å². The maximum Gasteiger partial charge on any atom is 0.288 e. The molecule has 1 unspecified atom stereocenters. The van der Waals surface area contributed by atoms with E-state index < -0.39 is 4.92 Å². The summed E-state index contributed by atoms with van der Waals surface area (Å²) in [7, 11) is 0. The third-order valence-electron chi connectivity index (χ3n) is 3.46. The van der Waals surface area contributed by atoms with Crippen molar-refractivity contribution in [3.63, 3.8) is 0 Å². The van der Waals surface area contributed by atoms with Crippen LogP contribution in [-0.2, 0) is 6.54 Å². The number of benzene rings is 2. The first-order valence-electron chi connectivity index (χ1n) is 6.53. The number of hydrogen-bond donors (Lipinski definition) is 1. The summed E-state index contributed by atoms with van der Waals surface area (Å²) in [4.78, 5) is 10.4. The van der Waals surface area contributed by atoms with Crippen molar-refractivity contribution in [1.29, 1.82) is 0 Å². The molecule has 6 heteroatoms. The lowest BCUT2D eigenvalue weighted by Gasteiger charge is -2.11. The molecule has 0 saturated heterocycles. The topological polar surface area (TPSA) is 64.4 Å². The number of rotatable bonds is 4. The molecule has 1 aliphatic rings. The zero-order valence-corrected chi connectivity index (χ0v) is 11.8. The van der Waals surface area contributed by atoms with Crippen molar-refractivity contribution in [2.24, 2.45) is 0 Å². The first kappa shape index (κ1) is 13.9. The number of nitro benzene ring substituents is 1. The highest BCUT2D eigenvalue weighted by molar-refractivity contribution is 6.32. The number of ether oxygens (including phenoxy) is 1. The van der Waals surface area contributed by atoms with E-state index in [4.69, 9.17) is 16.3 Å². The monoisotopic (exact) mass is 304 g/mol. The average molecular weight is 305 g/mol. The number of halogens is 1. The highest BCUT2D eigenvalue weighted by Gasteiger charge is 2.23. The summed E-state index contributed by atoms with van der Waals surface area (Å²) in [6.45, 7) is 1.08. The van der Waals surface area contributed by atoms with Crippen molar-refractivity contribution in [2.45, 2.75) is 12.6 Å². The highest BCUT2D eigenvalue weighted by atomic mass is 35.5. The van der Waals surface area contributed by atoms with Gasteiger partial charge >= 0.3 is 0 Å². The lowest BCUT2D eigenvalue weighted by molar-refractivity contribution is -0.384. The fourth-order valence-corrected chi connectivity index (χ4v) is 2.57. The largest absolute Gasteiger partial charge is 0.491 e. The summed E-state index contributed by atoms with van der Waals surface area (Å²) in [6, 6.07) is 12.8. The molecule has 0 fully saturated rings. The molecule has 1 atom stereocenters. The van der Waals surface area contributed by atoms with Crippen LogP contribution < -0.4 is 10.1 Å². The van der Waals surface area contributed by atoms with Crippen molar-refractivity contribution in [2.75, 3.05) is 6.61 Å². The van der Waals surface area contributed by atoms with Crippen LogP contribution in [0.4, 0.5) is 5.69 Å². The Morgan fingerprint density at radius 2 is 2.14 bits per heavy atom. The molecule has 0 amide bonds. The van der Waals surface area contributed by atoms with Gasteiger partial charge in [-0.2, -0.15) is 0 Å². The minimum absolute atomic E-state index is 0.0703. The highest BCUT2D eigenvalue weighted by Crippen LogP contribution is 2.32. The molecule has 0 aliphatic carbocycles. The third kappa shape index (κ3) is 2.84. The molecule has 3 rings (SSSR count). The van der Waals surface area contributed by atoms with Crippen LogP contribution in [-0.4, -0.2) is 11.5 Å². The average Bonchev–Trinajstić information content (AvgIpc) is 2.89. The van der Waals surface area contributed by atoms with Crippen LogP contribution in [0.5, 0.6) is 5.75 Å². The SMILES string of the molecule is O=[N+]([O-])c1cc(CNC2COc3ccccc32)ccc1Cl. The van der Waals surface area contributed by atoms with Gasteiger partial charge in [-0.25, -0.2) is 0 Å². The van der Waals surface area contributed by atoms with Crippen LogP contribution in [0.25, 0.3) is 0 Å². The number of nitrogens with one attached hydrogen (secondary N) is 1. The van der Waals surface area contributed by atoms with Gasteiger partial charge in [-0.1, -0.05) is 35.9 Å². The van der Waals surface area contributed by atoms with E-state index in [1.807, 2.05) is 24.3 Å². The Morgan fingerprint density at radius 1 is 1.33 bits per heavy atom. The molecule has 21 heavy (non-hydrogen) atoms. The molecule has 0 radical (unpaired) electrons. The van der Waals surface area contributed by atoms with Gasteiger partial charge in [0, 0.05) is 18.2 Å². The fraction of sp³-hybridized carbons (Fsp3) is 0.200. The van der Waals surface area contributed by atoms with Gasteiger partial charge in [-0.05, 0) is 17.7 Å². The smallest absolute Gasteiger partial charge is 0.288 e. The van der Waals surface area contributed by atoms with Crippen LogP contribution in [0.3, 0.4) is 0 Å². The second kappa shape index (κ2) is 5.71. The van der Waals surface area contributed by atoms with Crippen LogP contribution in [0.2, 0.25) is 5.02 Å². The van der Waals surface area contributed by atoms with Gasteiger partial charge in [-0.15, -0.1) is 0 Å². The molecule has 108 valence electrons. The van der Waals surface area contributed by atoms with Crippen molar-refractivity contribution in [1.82, 2.24) is 5.32 Å². The Bertz CT molecular complexity index is 690. The Hall–Kier alpha value is -2.11. The molecule has 0 spiro atoms. The molecule has 1 heterocycles. The predicted molar refractivity (Wildman–Crippen MR) is 79.6 cm³/mol. The van der Waals surface area contributed by atoms with Gasteiger partial charge in [0.15, 0.2) is 0 Å². The van der Waals surface area contributed by atoms with Crippen LogP contribution in [0, 0.1) is 10.1 Å². The van der Waals surface area contributed by atoms with E-state index in [1.54, 1.807) is 12.1 Å². The van der Waals surface area contributed by atoms with E-state index in [9.17, 15) is 10.1 Å². The van der Waals surface area contributed by atoms with Crippen molar-refractivity contribution in [3.05, 3.63) is 68.7 Å². The molecular formula is C15H13ClN2O3. The maximum absolute atomic E-state index is 10.9. The summed E-state index contributed by atoms with van der Waals surface area (Å²) < 4.78 is 5.59. The van der Waals surface area contributed by atoms with Gasteiger partial charge in [-0.3, -0.25) is 10.1 Å². The molecule has 0 saturated carbocycles. The van der Waals surface area contributed by atoms with E-state index in [2.05, 4.69) is 5.32 Å². The predicted octanol–water partition coefficient (Wildman–Crippen LogP) is 3.47. The number of fused-ring (bicyclic) bond motifs is 1. The van der Waals surface area contributed by atoms with Gasteiger partial charge in [0.25, 0.3) is 5.69 Å². The minimum atomic E-state index is -0.472. The summed E-state index contributed by atoms with van der Waals surface area (Å²) in [5.74, 6) is 0.886. The van der Waals surface area contributed by atoms with Crippen LogP contribution in [0.15, 0.2) is 42.5 Å². The lowest BCUT2D eigenvalue weighted by Crippen LogP contribution is -2.22. The van der Waals surface area contributed by atoms with E-state index >= 15 is 0 Å². The molecule has 1 N–H and O–H groups in total. The molecule has 0 aromatic heterocycles. The van der Waals surface area contributed by atoms with Gasteiger partial charge < -0.3 is 10.1 Å². The number of para-hydroxylation sites is 1. The summed E-state index contributed by atoms with van der Waals surface area (Å²) in [5, 5.41) is 14.4. The molecule has 1 aliphatic heterocycles. The quantitative estimate of drug-likeness (QED) is 0.694. The molecule has 0 bridgehead atoms. The Labute approximate surface area is 126 Å². The Kier molecular flexibility index (Phi) is 3.77. The van der Waals surface area contributed by atoms with Gasteiger partial charge in [0.2, 0.25) is 0 Å². The van der Waals surface area contributed by atoms with Crippen LogP contribution >= 0.6 is 11.6 Å². The fourth-order valence-electron chi connectivity index (χ4n) is 2.38. The second-order valence-corrected chi connectivity index (χ2v) is 5.23. The van der Waals surface area contributed by atoms with E-state index in [1.165, 1.54) is 6.07 Å². The molecule has 2 aromatic carbocycles. The lowest BCUT2D eigenvalue weighted by atomic mass is 10.1. The van der Waals surface area contributed by atoms with Crippen molar-refractivity contribution < 1.29 is 9.66 Å². The van der Waals surface area contributed by atoms with Gasteiger partial charge in [0.05, 0.1) is 11.0 Å². The standard InChI is InChI=1S/C15H13ClN2O3/c16-12-6-5-10(7-14(12)18(19)20)8-17-13-9-21-15-4-2-1-3-11(13)15/h1-7,13,17H,8-9H2. The van der Waals surface area contributed by atoms with E-state index in [0.29, 0.717) is 13.2 Å². The minimum Gasteiger partial charge on any atom is -0.491 e. The molecule has 2 aromatic rings. The van der Waals surface area contributed by atoms with Crippen molar-refractivity contribution in [3.8, 4) is 5.75 Å². The van der Waals surface area contributed by atoms with Crippen LogP contribution in [0.1, 0.15) is 17.2 Å². The summed E-state index contributed by atoms with van der Waals surface area (Å²) >= 11 is 5.80. The Morgan fingerprint density at radius 3 is 2.95 bits per heavy atom. The molecular weight excluding hydrogens is 292 g/mol. The third-order valence-corrected chi connectivity index (χ3v) is 3.78. The maximum atomic E-state index is 10.9. The van der Waals surface area contributed by atoms with Crippen molar-refractivity contribution >= 4 is 17.3 Å².